The molecule has 0 spiro atoms. The highest BCUT2D eigenvalue weighted by Gasteiger charge is 2.16. The van der Waals surface area contributed by atoms with Crippen LogP contribution in [0.4, 0.5) is 17.1 Å². The first kappa shape index (κ1) is 20.4. The molecule has 9 heteroatoms. The number of fused-ring (bicyclic) bond motifs is 1. The predicted molar refractivity (Wildman–Crippen MR) is 115 cm³/mol. The Labute approximate surface area is 169 Å². The minimum Gasteiger partial charge on any atom is -0.495 e. The van der Waals surface area contributed by atoms with Gasteiger partial charge in [0.1, 0.15) is 11.8 Å². The molecule has 29 heavy (non-hydrogen) atoms. The number of nitrogens with one attached hydrogen (secondary N) is 3. The smallest absolute Gasteiger partial charge is 0.246 e. The van der Waals surface area contributed by atoms with Gasteiger partial charge in [0.05, 0.1) is 30.3 Å². The van der Waals surface area contributed by atoms with E-state index in [0.717, 1.165) is 17.2 Å². The third-order valence-electron chi connectivity index (χ3n) is 4.17. The summed E-state index contributed by atoms with van der Waals surface area (Å²) >= 11 is 0. The van der Waals surface area contributed by atoms with Crippen LogP contribution < -0.4 is 20.1 Å². The van der Waals surface area contributed by atoms with E-state index in [1.807, 2.05) is 30.3 Å². The van der Waals surface area contributed by atoms with Gasteiger partial charge < -0.3 is 15.4 Å². The van der Waals surface area contributed by atoms with E-state index in [-0.39, 0.29) is 11.6 Å². The van der Waals surface area contributed by atoms with Gasteiger partial charge in [0.15, 0.2) is 0 Å². The molecule has 1 atom stereocenters. The van der Waals surface area contributed by atoms with Gasteiger partial charge in [-0.2, -0.15) is 0 Å². The van der Waals surface area contributed by atoms with Crippen LogP contribution in [0.2, 0.25) is 0 Å². The Morgan fingerprint density at radius 1 is 1.10 bits per heavy atom. The van der Waals surface area contributed by atoms with E-state index in [2.05, 4.69) is 20.3 Å². The number of nitrogens with zero attached hydrogens (tertiary/aromatic N) is 1. The molecular weight excluding hydrogens is 392 g/mol. The Bertz CT molecular complexity index is 1140. The molecule has 0 saturated heterocycles. The van der Waals surface area contributed by atoms with Gasteiger partial charge in [-0.05, 0) is 49.4 Å². The van der Waals surface area contributed by atoms with Gasteiger partial charge in [0, 0.05) is 17.3 Å². The van der Waals surface area contributed by atoms with Crippen LogP contribution in [0.5, 0.6) is 5.75 Å². The van der Waals surface area contributed by atoms with Crippen molar-refractivity contribution in [3.05, 3.63) is 54.7 Å². The Morgan fingerprint density at radius 3 is 2.62 bits per heavy atom. The monoisotopic (exact) mass is 414 g/mol. The lowest BCUT2D eigenvalue weighted by molar-refractivity contribution is -0.116. The Balaban J connectivity index is 1.76. The molecule has 3 aromatic rings. The highest BCUT2D eigenvalue weighted by atomic mass is 32.2. The van der Waals surface area contributed by atoms with Crippen molar-refractivity contribution in [2.24, 2.45) is 0 Å². The van der Waals surface area contributed by atoms with E-state index in [1.165, 1.54) is 7.11 Å². The van der Waals surface area contributed by atoms with Crippen LogP contribution in [0, 0.1) is 0 Å². The van der Waals surface area contributed by atoms with Crippen molar-refractivity contribution in [2.45, 2.75) is 13.0 Å². The molecule has 1 unspecified atom stereocenters. The largest absolute Gasteiger partial charge is 0.495 e. The van der Waals surface area contributed by atoms with E-state index in [4.69, 9.17) is 4.74 Å². The molecule has 1 heterocycles. The number of carbonyl (C=O) groups is 1. The van der Waals surface area contributed by atoms with Crippen LogP contribution in [0.25, 0.3) is 10.9 Å². The molecule has 0 aliphatic carbocycles. The van der Waals surface area contributed by atoms with E-state index >= 15 is 0 Å². The lowest BCUT2D eigenvalue weighted by Gasteiger charge is -2.18. The molecule has 1 amide bonds. The molecule has 0 fully saturated rings. The van der Waals surface area contributed by atoms with Gasteiger partial charge in [0.25, 0.3) is 0 Å². The van der Waals surface area contributed by atoms with Crippen molar-refractivity contribution in [2.75, 3.05) is 28.7 Å². The van der Waals surface area contributed by atoms with E-state index in [9.17, 15) is 13.2 Å². The number of methoxy groups -OCH3 is 1. The molecule has 152 valence electrons. The first-order valence-corrected chi connectivity index (χ1v) is 10.7. The second kappa shape index (κ2) is 8.36. The molecule has 0 bridgehead atoms. The summed E-state index contributed by atoms with van der Waals surface area (Å²) in [5.74, 6) is 0.135. The molecule has 8 nitrogen and oxygen atoms in total. The number of anilines is 3. The molecule has 2 aromatic carbocycles. The average molecular weight is 414 g/mol. The highest BCUT2D eigenvalue weighted by Crippen LogP contribution is 2.29. The van der Waals surface area contributed by atoms with E-state index in [0.29, 0.717) is 17.1 Å². The zero-order valence-electron chi connectivity index (χ0n) is 16.3. The maximum atomic E-state index is 12.7. The second-order valence-corrected chi connectivity index (χ2v) is 8.27. The van der Waals surface area contributed by atoms with Crippen molar-refractivity contribution in [1.82, 2.24) is 4.98 Å². The minimum absolute atomic E-state index is 0.241. The van der Waals surface area contributed by atoms with Crippen LogP contribution in [0.3, 0.4) is 0 Å². The number of sulfonamides is 1. The summed E-state index contributed by atoms with van der Waals surface area (Å²) in [6, 6.07) is 13.5. The van der Waals surface area contributed by atoms with Crippen molar-refractivity contribution in [3.8, 4) is 5.75 Å². The number of carbonyl (C=O) groups excluding carboxylic acids is 1. The lowest BCUT2D eigenvalue weighted by atomic mass is 10.1. The van der Waals surface area contributed by atoms with Crippen molar-refractivity contribution in [3.63, 3.8) is 0 Å². The lowest BCUT2D eigenvalue weighted by Crippen LogP contribution is -2.32. The first-order valence-electron chi connectivity index (χ1n) is 8.84. The molecule has 0 aliphatic heterocycles. The van der Waals surface area contributed by atoms with Gasteiger partial charge >= 0.3 is 0 Å². The normalized spacial score (nSPS) is 12.2. The number of pyridine rings is 1. The van der Waals surface area contributed by atoms with Crippen LogP contribution >= 0.6 is 0 Å². The minimum atomic E-state index is -3.48. The van der Waals surface area contributed by atoms with Gasteiger partial charge in [-0.1, -0.05) is 6.07 Å². The molecule has 3 rings (SSSR count). The third kappa shape index (κ3) is 5.14. The maximum absolute atomic E-state index is 12.7. The number of amides is 1. The first-order chi connectivity index (χ1) is 13.8. The Hall–Kier alpha value is -3.33. The summed E-state index contributed by atoms with van der Waals surface area (Å²) in [5.41, 5.74) is 2.31. The maximum Gasteiger partial charge on any atom is 0.246 e. The summed E-state index contributed by atoms with van der Waals surface area (Å²) in [4.78, 5) is 16.9. The second-order valence-electron chi connectivity index (χ2n) is 6.52. The van der Waals surface area contributed by atoms with Crippen molar-refractivity contribution < 1.29 is 17.9 Å². The van der Waals surface area contributed by atoms with Crippen molar-refractivity contribution >= 4 is 43.9 Å². The predicted octanol–water partition coefficient (Wildman–Crippen LogP) is 3.05. The standard InChI is InChI=1S/C20H22N4O4S/c1-13(20(25)23-17-8-4-7-16-15(17)6-5-11-21-16)22-14-9-10-19(28-2)18(12-14)24-29(3,26)27/h4-13,22,24H,1-3H3,(H,23,25). The van der Waals surface area contributed by atoms with Crippen LogP contribution in [0.1, 0.15) is 6.92 Å². The molecule has 0 saturated carbocycles. The number of hydrogen-bond acceptors (Lipinski definition) is 6. The zero-order chi connectivity index (χ0) is 21.0. The quantitative estimate of drug-likeness (QED) is 0.548. The summed E-state index contributed by atoms with van der Waals surface area (Å²) in [7, 11) is -2.03. The van der Waals surface area contributed by atoms with Crippen LogP contribution in [-0.4, -0.2) is 38.7 Å². The van der Waals surface area contributed by atoms with Gasteiger partial charge in [-0.25, -0.2) is 8.42 Å². The molecule has 3 N–H and O–H groups in total. The summed E-state index contributed by atoms with van der Waals surface area (Å²) in [6.07, 6.45) is 2.76. The average Bonchev–Trinajstić information content (AvgIpc) is 2.67. The number of hydrogen-bond donors (Lipinski definition) is 3. The SMILES string of the molecule is COc1ccc(NC(C)C(=O)Nc2cccc3ncccc23)cc1NS(C)(=O)=O. The summed E-state index contributed by atoms with van der Waals surface area (Å²) in [6.45, 7) is 1.71. The fraction of sp³-hybridized carbons (Fsp3) is 0.200. The summed E-state index contributed by atoms with van der Waals surface area (Å²) in [5, 5.41) is 6.82. The topological polar surface area (TPSA) is 109 Å². The molecule has 0 aliphatic rings. The molecular formula is C20H22N4O4S. The number of rotatable bonds is 7. The van der Waals surface area contributed by atoms with Crippen molar-refractivity contribution in [1.29, 1.82) is 0 Å². The number of aromatic nitrogens is 1. The van der Waals surface area contributed by atoms with Gasteiger partial charge in [-0.15, -0.1) is 0 Å². The highest BCUT2D eigenvalue weighted by molar-refractivity contribution is 7.92. The Morgan fingerprint density at radius 2 is 1.90 bits per heavy atom. The van der Waals surface area contributed by atoms with Crippen LogP contribution in [0.15, 0.2) is 54.7 Å². The van der Waals surface area contributed by atoms with Gasteiger partial charge in [0.2, 0.25) is 15.9 Å². The third-order valence-corrected chi connectivity index (χ3v) is 4.77. The fourth-order valence-electron chi connectivity index (χ4n) is 2.85. The Kier molecular flexibility index (Phi) is 5.88. The summed E-state index contributed by atoms with van der Waals surface area (Å²) < 4.78 is 30.7. The van der Waals surface area contributed by atoms with E-state index < -0.39 is 16.1 Å². The zero-order valence-corrected chi connectivity index (χ0v) is 17.1. The number of ether oxygens (including phenoxy) is 1. The fourth-order valence-corrected chi connectivity index (χ4v) is 3.41. The van der Waals surface area contributed by atoms with Crippen LogP contribution in [-0.2, 0) is 14.8 Å². The molecule has 1 aromatic heterocycles. The van der Waals surface area contributed by atoms with Gasteiger partial charge in [-0.3, -0.25) is 14.5 Å². The molecule has 0 radical (unpaired) electrons. The van der Waals surface area contributed by atoms with E-state index in [1.54, 1.807) is 31.3 Å². The number of benzene rings is 2.